The number of fused-ring (bicyclic) bond motifs is 1. The minimum Gasteiger partial charge on any atom is -0.491 e. The number of furan rings is 1. The summed E-state index contributed by atoms with van der Waals surface area (Å²) in [4.78, 5) is 32.0. The van der Waals surface area contributed by atoms with Gasteiger partial charge in [0, 0.05) is 11.4 Å². The Hall–Kier alpha value is -3.84. The molecule has 0 saturated heterocycles. The first-order chi connectivity index (χ1) is 19.0. The minimum absolute atomic E-state index is 0.0224. The van der Waals surface area contributed by atoms with Crippen molar-refractivity contribution in [3.63, 3.8) is 0 Å². The van der Waals surface area contributed by atoms with E-state index < -0.39 is 0 Å². The number of ether oxygens (including phenoxy) is 1. The fraction of sp³-hybridized carbons (Fsp3) is 0.312. The largest absolute Gasteiger partial charge is 0.491 e. The van der Waals surface area contributed by atoms with Crippen LogP contribution in [0.3, 0.4) is 0 Å². The van der Waals surface area contributed by atoms with E-state index in [4.69, 9.17) is 9.15 Å². The Morgan fingerprint density at radius 1 is 1.05 bits per heavy atom. The summed E-state index contributed by atoms with van der Waals surface area (Å²) < 4.78 is 11.7. The molecule has 1 aliphatic heterocycles. The van der Waals surface area contributed by atoms with Gasteiger partial charge in [-0.25, -0.2) is 0 Å². The van der Waals surface area contributed by atoms with Gasteiger partial charge in [0.2, 0.25) is 11.8 Å². The molecule has 0 N–H and O–H groups in total. The molecular weight excluding hydrogens is 508 g/mol. The Bertz CT molecular complexity index is 1360. The molecule has 2 amide bonds. The molecule has 0 saturated carbocycles. The van der Waals surface area contributed by atoms with Crippen molar-refractivity contribution < 1.29 is 18.7 Å². The highest BCUT2D eigenvalue weighted by atomic mass is 32.1. The maximum Gasteiger partial charge on any atom is 0.242 e. The van der Waals surface area contributed by atoms with Crippen molar-refractivity contribution in [3.05, 3.63) is 112 Å². The van der Waals surface area contributed by atoms with Crippen molar-refractivity contribution in [2.75, 3.05) is 19.7 Å². The number of carbonyl (C=O) groups is 2. The zero-order chi connectivity index (χ0) is 27.2. The lowest BCUT2D eigenvalue weighted by Crippen LogP contribution is -2.47. The molecule has 2 aromatic heterocycles. The summed E-state index contributed by atoms with van der Waals surface area (Å²) in [6, 6.07) is 23.3. The number of nitrogens with zero attached hydrogens (tertiary/aromatic N) is 2. The molecule has 3 heterocycles. The minimum atomic E-state index is -0.216. The molecule has 202 valence electrons. The average Bonchev–Trinajstić information content (AvgIpc) is 3.64. The van der Waals surface area contributed by atoms with Crippen molar-refractivity contribution in [1.82, 2.24) is 9.80 Å². The third kappa shape index (κ3) is 6.60. The van der Waals surface area contributed by atoms with Crippen LogP contribution < -0.4 is 4.74 Å². The fourth-order valence-corrected chi connectivity index (χ4v) is 5.89. The van der Waals surface area contributed by atoms with Gasteiger partial charge in [0.05, 0.1) is 25.3 Å². The van der Waals surface area contributed by atoms with Crippen LogP contribution in [0, 0.1) is 0 Å². The summed E-state index contributed by atoms with van der Waals surface area (Å²) in [7, 11) is 0. The monoisotopic (exact) mass is 542 g/mol. The Kier molecular flexibility index (Phi) is 8.47. The highest BCUT2D eigenvalue weighted by Crippen LogP contribution is 2.34. The van der Waals surface area contributed by atoms with E-state index in [0.717, 1.165) is 23.3 Å². The highest BCUT2D eigenvalue weighted by Gasteiger charge is 2.33. The first-order valence-corrected chi connectivity index (χ1v) is 14.3. The number of carbonyl (C=O) groups excluding carboxylic acids is 2. The predicted molar refractivity (Wildman–Crippen MR) is 153 cm³/mol. The molecule has 6 nitrogen and oxygen atoms in total. The van der Waals surface area contributed by atoms with Crippen molar-refractivity contribution >= 4 is 23.2 Å². The van der Waals surface area contributed by atoms with E-state index in [0.29, 0.717) is 24.8 Å². The van der Waals surface area contributed by atoms with Gasteiger partial charge in [0.1, 0.15) is 24.7 Å². The second-order valence-corrected chi connectivity index (χ2v) is 11.2. The summed E-state index contributed by atoms with van der Waals surface area (Å²) >= 11 is 1.72. The van der Waals surface area contributed by atoms with Crippen LogP contribution in [-0.4, -0.2) is 41.3 Å². The molecule has 7 heteroatoms. The summed E-state index contributed by atoms with van der Waals surface area (Å²) in [6.45, 7) is 5.50. The Balaban J connectivity index is 1.32. The van der Waals surface area contributed by atoms with Crippen LogP contribution in [-0.2, 0) is 29.0 Å². The van der Waals surface area contributed by atoms with E-state index in [1.54, 1.807) is 28.6 Å². The van der Waals surface area contributed by atoms with Crippen LogP contribution in [0.2, 0.25) is 0 Å². The summed E-state index contributed by atoms with van der Waals surface area (Å²) in [5.74, 6) is 1.67. The van der Waals surface area contributed by atoms with E-state index in [2.05, 4.69) is 37.4 Å². The van der Waals surface area contributed by atoms with Crippen molar-refractivity contribution in [3.8, 4) is 5.75 Å². The summed E-state index contributed by atoms with van der Waals surface area (Å²) in [5.41, 5.74) is 3.30. The van der Waals surface area contributed by atoms with Crippen molar-refractivity contribution in [2.45, 2.75) is 45.2 Å². The molecular formula is C32H34N2O4S. The van der Waals surface area contributed by atoms with Crippen LogP contribution in [0.25, 0.3) is 0 Å². The molecule has 1 aliphatic rings. The van der Waals surface area contributed by atoms with E-state index in [1.807, 2.05) is 53.4 Å². The zero-order valence-electron chi connectivity index (χ0n) is 22.4. The van der Waals surface area contributed by atoms with Gasteiger partial charge in [0.15, 0.2) is 0 Å². The molecule has 5 rings (SSSR count). The smallest absolute Gasteiger partial charge is 0.242 e. The molecule has 0 spiro atoms. The predicted octanol–water partition coefficient (Wildman–Crippen LogP) is 6.24. The third-order valence-corrected chi connectivity index (χ3v) is 8.17. The Labute approximate surface area is 233 Å². The van der Waals surface area contributed by atoms with E-state index >= 15 is 0 Å². The van der Waals surface area contributed by atoms with Crippen LogP contribution in [0.1, 0.15) is 53.1 Å². The van der Waals surface area contributed by atoms with Crippen molar-refractivity contribution in [1.29, 1.82) is 0 Å². The number of amides is 2. The quantitative estimate of drug-likeness (QED) is 0.238. The number of rotatable bonds is 10. The molecule has 0 radical (unpaired) electrons. The number of hydrogen-bond acceptors (Lipinski definition) is 5. The Morgan fingerprint density at radius 2 is 1.85 bits per heavy atom. The number of hydrogen-bond donors (Lipinski definition) is 0. The van der Waals surface area contributed by atoms with Gasteiger partial charge in [-0.1, -0.05) is 56.3 Å². The normalized spacial score (nSPS) is 14.7. The lowest BCUT2D eigenvalue weighted by molar-refractivity contribution is -0.143. The molecule has 39 heavy (non-hydrogen) atoms. The highest BCUT2D eigenvalue weighted by molar-refractivity contribution is 7.10. The number of benzene rings is 2. The van der Waals surface area contributed by atoms with Gasteiger partial charge in [-0.3, -0.25) is 9.59 Å². The van der Waals surface area contributed by atoms with E-state index in [1.165, 1.54) is 10.4 Å². The molecule has 4 aromatic rings. The third-order valence-electron chi connectivity index (χ3n) is 7.17. The van der Waals surface area contributed by atoms with Gasteiger partial charge in [-0.05, 0) is 64.7 Å². The van der Waals surface area contributed by atoms with Crippen LogP contribution >= 0.6 is 11.3 Å². The molecule has 0 fully saturated rings. The Morgan fingerprint density at radius 3 is 2.56 bits per heavy atom. The molecule has 0 bridgehead atoms. The molecule has 0 aliphatic carbocycles. The molecule has 2 aromatic carbocycles. The van der Waals surface area contributed by atoms with E-state index in [9.17, 15) is 9.59 Å². The molecule has 0 unspecified atom stereocenters. The second kappa shape index (κ2) is 12.3. The topological polar surface area (TPSA) is 63.0 Å². The maximum absolute atomic E-state index is 13.8. The van der Waals surface area contributed by atoms with Gasteiger partial charge in [-0.2, -0.15) is 0 Å². The van der Waals surface area contributed by atoms with Crippen molar-refractivity contribution in [2.24, 2.45) is 0 Å². The number of thiophene rings is 1. The van der Waals surface area contributed by atoms with Crippen LogP contribution in [0.15, 0.2) is 88.9 Å². The fourth-order valence-electron chi connectivity index (χ4n) is 4.96. The summed E-state index contributed by atoms with van der Waals surface area (Å²) in [6.07, 6.45) is 2.61. The summed E-state index contributed by atoms with van der Waals surface area (Å²) in [5, 5.41) is 2.08. The van der Waals surface area contributed by atoms with E-state index in [-0.39, 0.29) is 37.4 Å². The average molecular weight is 543 g/mol. The van der Waals surface area contributed by atoms with Gasteiger partial charge >= 0.3 is 0 Å². The van der Waals surface area contributed by atoms with Gasteiger partial charge in [-0.15, -0.1) is 11.3 Å². The van der Waals surface area contributed by atoms with Crippen LogP contribution in [0.4, 0.5) is 0 Å². The van der Waals surface area contributed by atoms with Gasteiger partial charge < -0.3 is 19.0 Å². The SMILES string of the molecule is CC(C)c1ccc(OC[C@H]2c3ccsc3CCN2C(=O)CN(Cc2ccco2)C(=O)Cc2ccccc2)cc1. The van der Waals surface area contributed by atoms with Gasteiger partial charge in [0.25, 0.3) is 0 Å². The molecule has 1 atom stereocenters. The second-order valence-electron chi connectivity index (χ2n) is 10.2. The zero-order valence-corrected chi connectivity index (χ0v) is 23.2. The first kappa shape index (κ1) is 26.8. The van der Waals surface area contributed by atoms with Crippen LogP contribution in [0.5, 0.6) is 5.75 Å². The lowest BCUT2D eigenvalue weighted by atomic mass is 10.00. The standard InChI is InChI=1S/C32H34N2O4S/c1-23(2)25-10-12-26(13-11-25)38-22-29-28-15-18-39-30(28)14-16-34(29)32(36)21-33(20-27-9-6-17-37-27)31(35)19-24-7-4-3-5-8-24/h3-13,15,17-18,23,29H,14,16,19-22H2,1-2H3/t29-/m0/s1. The lowest BCUT2D eigenvalue weighted by Gasteiger charge is -2.37. The maximum atomic E-state index is 13.8. The first-order valence-electron chi connectivity index (χ1n) is 13.4.